The molecule has 0 heterocycles. The number of aliphatic hydroxyl groups is 1. The summed E-state index contributed by atoms with van der Waals surface area (Å²) in [5.41, 5.74) is -0.991. The van der Waals surface area contributed by atoms with Gasteiger partial charge in [0.15, 0.2) is 0 Å². The third kappa shape index (κ3) is 6.02. The maximum atomic E-state index is 11.7. The first kappa shape index (κ1) is 17.9. The predicted octanol–water partition coefficient (Wildman–Crippen LogP) is 0.781. The van der Waals surface area contributed by atoms with Gasteiger partial charge in [-0.15, -0.1) is 0 Å². The zero-order valence-corrected chi connectivity index (χ0v) is 11.9. The molecule has 0 rings (SSSR count). The zero-order chi connectivity index (χ0) is 14.9. The Balaban J connectivity index is 4.18. The molecule has 1 amide bonds. The van der Waals surface area contributed by atoms with Crippen molar-refractivity contribution in [2.45, 2.75) is 45.6 Å². The lowest BCUT2D eigenvalue weighted by atomic mass is 9.79. The van der Waals surface area contributed by atoms with Gasteiger partial charge in [0.1, 0.15) is 0 Å². The quantitative estimate of drug-likeness (QED) is 0.547. The van der Waals surface area contributed by atoms with Crippen LogP contribution in [0.5, 0.6) is 0 Å². The second-order valence-electron chi connectivity index (χ2n) is 4.72. The summed E-state index contributed by atoms with van der Waals surface area (Å²) in [6, 6.07) is 0. The number of rotatable bonds is 10. The van der Waals surface area contributed by atoms with Gasteiger partial charge in [0.25, 0.3) is 0 Å². The van der Waals surface area contributed by atoms with Crippen molar-refractivity contribution in [1.82, 2.24) is 5.32 Å². The Hall–Kier alpha value is -1.14. The van der Waals surface area contributed by atoms with E-state index in [9.17, 15) is 19.8 Å². The fourth-order valence-corrected chi connectivity index (χ4v) is 1.90. The van der Waals surface area contributed by atoms with Crippen molar-refractivity contribution < 1.29 is 24.5 Å². The molecule has 0 fully saturated rings. The number of aliphatic hydroxyl groups excluding tert-OH is 1. The highest BCUT2D eigenvalue weighted by Gasteiger charge is 2.36. The van der Waals surface area contributed by atoms with Gasteiger partial charge in [0.05, 0.1) is 18.1 Å². The number of hydrogen-bond donors (Lipinski definition) is 3. The Morgan fingerprint density at radius 2 is 1.89 bits per heavy atom. The number of nitrogens with one attached hydrogen (secondary N) is 1. The molecule has 0 aliphatic heterocycles. The van der Waals surface area contributed by atoms with Crippen molar-refractivity contribution in [1.29, 1.82) is 0 Å². The molecule has 0 aliphatic carbocycles. The van der Waals surface area contributed by atoms with Crippen LogP contribution in [0.4, 0.5) is 0 Å². The normalized spacial score (nSPS) is 13.1. The Labute approximate surface area is 114 Å². The maximum absolute atomic E-state index is 11.7. The fourth-order valence-electron chi connectivity index (χ4n) is 1.90. The van der Waals surface area contributed by atoms with Crippen molar-refractivity contribution in [3.05, 3.63) is 0 Å². The van der Waals surface area contributed by atoms with E-state index in [4.69, 9.17) is 4.74 Å². The van der Waals surface area contributed by atoms with Gasteiger partial charge in [0.2, 0.25) is 5.91 Å². The molecule has 0 aromatic rings. The van der Waals surface area contributed by atoms with Crippen LogP contribution in [0.15, 0.2) is 0 Å². The van der Waals surface area contributed by atoms with Crippen LogP contribution >= 0.6 is 0 Å². The number of carbonyl (C=O) groups is 2. The summed E-state index contributed by atoms with van der Waals surface area (Å²) in [6.45, 7) is 4.08. The summed E-state index contributed by atoms with van der Waals surface area (Å²) in [5, 5.41) is 21.3. The molecular weight excluding hydrogens is 250 g/mol. The molecule has 112 valence electrons. The summed E-state index contributed by atoms with van der Waals surface area (Å²) in [5.74, 6) is -1.23. The Bertz CT molecular complexity index is 289. The minimum atomic E-state index is -0.991. The molecule has 0 radical (unpaired) electrons. The number of carboxylic acids is 1. The minimum absolute atomic E-state index is 0.0320. The molecule has 6 heteroatoms. The first-order valence-corrected chi connectivity index (χ1v) is 6.59. The SMILES string of the molecule is CCC(CC)(CC(=O)NCCC(O)COC)C(=O)O. The van der Waals surface area contributed by atoms with E-state index in [1.807, 2.05) is 0 Å². The van der Waals surface area contributed by atoms with Gasteiger partial charge < -0.3 is 20.3 Å². The van der Waals surface area contributed by atoms with Crippen LogP contribution in [0.25, 0.3) is 0 Å². The van der Waals surface area contributed by atoms with Gasteiger partial charge in [-0.05, 0) is 19.3 Å². The lowest BCUT2D eigenvalue weighted by Crippen LogP contribution is -2.37. The number of ether oxygens (including phenoxy) is 1. The van der Waals surface area contributed by atoms with Gasteiger partial charge in [-0.3, -0.25) is 9.59 Å². The van der Waals surface area contributed by atoms with Gasteiger partial charge >= 0.3 is 5.97 Å². The molecule has 1 atom stereocenters. The number of hydrogen-bond acceptors (Lipinski definition) is 4. The molecule has 0 aromatic carbocycles. The highest BCUT2D eigenvalue weighted by molar-refractivity contribution is 5.84. The summed E-state index contributed by atoms with van der Waals surface area (Å²) in [6.07, 6.45) is 0.567. The predicted molar refractivity (Wildman–Crippen MR) is 70.8 cm³/mol. The molecule has 0 saturated carbocycles. The summed E-state index contributed by atoms with van der Waals surface area (Å²) < 4.78 is 4.77. The van der Waals surface area contributed by atoms with Crippen LogP contribution in [-0.2, 0) is 14.3 Å². The smallest absolute Gasteiger partial charge is 0.310 e. The summed E-state index contributed by atoms with van der Waals surface area (Å²) >= 11 is 0. The molecule has 0 saturated heterocycles. The highest BCUT2D eigenvalue weighted by atomic mass is 16.5. The van der Waals surface area contributed by atoms with Gasteiger partial charge in [-0.2, -0.15) is 0 Å². The van der Waals surface area contributed by atoms with E-state index in [0.29, 0.717) is 25.8 Å². The lowest BCUT2D eigenvalue weighted by Gasteiger charge is -2.25. The third-order valence-electron chi connectivity index (χ3n) is 3.46. The monoisotopic (exact) mass is 275 g/mol. The number of carbonyl (C=O) groups excluding carboxylic acids is 1. The Kier molecular flexibility index (Phi) is 8.34. The Morgan fingerprint density at radius 1 is 1.32 bits per heavy atom. The topological polar surface area (TPSA) is 95.9 Å². The molecule has 3 N–H and O–H groups in total. The second kappa shape index (κ2) is 8.87. The average molecular weight is 275 g/mol. The summed E-state index contributed by atoms with van der Waals surface area (Å²) in [4.78, 5) is 23.0. The average Bonchev–Trinajstić information content (AvgIpc) is 2.36. The Morgan fingerprint density at radius 3 is 2.32 bits per heavy atom. The molecule has 19 heavy (non-hydrogen) atoms. The van der Waals surface area contributed by atoms with E-state index in [-0.39, 0.29) is 18.9 Å². The van der Waals surface area contributed by atoms with E-state index in [1.165, 1.54) is 7.11 Å². The van der Waals surface area contributed by atoms with E-state index >= 15 is 0 Å². The number of methoxy groups -OCH3 is 1. The third-order valence-corrected chi connectivity index (χ3v) is 3.46. The van der Waals surface area contributed by atoms with Crippen LogP contribution in [0.1, 0.15) is 39.5 Å². The minimum Gasteiger partial charge on any atom is -0.481 e. The molecular formula is C13H25NO5. The van der Waals surface area contributed by atoms with Crippen LogP contribution in [0.2, 0.25) is 0 Å². The molecule has 0 aromatic heterocycles. The van der Waals surface area contributed by atoms with Crippen molar-refractivity contribution >= 4 is 11.9 Å². The van der Waals surface area contributed by atoms with Gasteiger partial charge in [-0.1, -0.05) is 13.8 Å². The number of amides is 1. The summed E-state index contributed by atoms with van der Waals surface area (Å²) in [7, 11) is 1.49. The molecule has 0 spiro atoms. The first-order chi connectivity index (χ1) is 8.91. The van der Waals surface area contributed by atoms with E-state index in [2.05, 4.69) is 5.32 Å². The van der Waals surface area contributed by atoms with Crippen LogP contribution in [0, 0.1) is 5.41 Å². The fraction of sp³-hybridized carbons (Fsp3) is 0.846. The van der Waals surface area contributed by atoms with E-state index in [0.717, 1.165) is 0 Å². The lowest BCUT2D eigenvalue weighted by molar-refractivity contribution is -0.152. The molecule has 0 aliphatic rings. The molecule has 1 unspecified atom stereocenters. The van der Waals surface area contributed by atoms with Crippen molar-refractivity contribution in [3.8, 4) is 0 Å². The first-order valence-electron chi connectivity index (χ1n) is 6.59. The standard InChI is InChI=1S/C13H25NO5/c1-4-13(5-2,12(17)18)8-11(16)14-7-6-10(15)9-19-3/h10,15H,4-9H2,1-3H3,(H,14,16)(H,17,18). The number of carboxylic acid groups (broad SMARTS) is 1. The zero-order valence-electron chi connectivity index (χ0n) is 11.9. The molecule has 0 bridgehead atoms. The van der Waals surface area contributed by atoms with Gasteiger partial charge in [-0.25, -0.2) is 0 Å². The van der Waals surface area contributed by atoms with Crippen molar-refractivity contribution in [3.63, 3.8) is 0 Å². The van der Waals surface area contributed by atoms with Crippen LogP contribution in [0.3, 0.4) is 0 Å². The highest BCUT2D eigenvalue weighted by Crippen LogP contribution is 2.30. The van der Waals surface area contributed by atoms with Gasteiger partial charge in [0, 0.05) is 20.1 Å². The largest absolute Gasteiger partial charge is 0.481 e. The van der Waals surface area contributed by atoms with Crippen LogP contribution < -0.4 is 5.32 Å². The van der Waals surface area contributed by atoms with Crippen LogP contribution in [-0.4, -0.2) is 48.5 Å². The van der Waals surface area contributed by atoms with Crippen molar-refractivity contribution in [2.75, 3.05) is 20.3 Å². The second-order valence-corrected chi connectivity index (χ2v) is 4.72. The van der Waals surface area contributed by atoms with Crippen molar-refractivity contribution in [2.24, 2.45) is 5.41 Å². The maximum Gasteiger partial charge on any atom is 0.310 e. The number of aliphatic carboxylic acids is 1. The van der Waals surface area contributed by atoms with E-state index in [1.54, 1.807) is 13.8 Å². The molecule has 6 nitrogen and oxygen atoms in total. The van der Waals surface area contributed by atoms with E-state index < -0.39 is 17.5 Å².